The summed E-state index contributed by atoms with van der Waals surface area (Å²) in [6, 6.07) is 9.33. The van der Waals surface area contributed by atoms with E-state index in [0.29, 0.717) is 18.9 Å². The van der Waals surface area contributed by atoms with Crippen molar-refractivity contribution in [3.8, 4) is 0 Å². The van der Waals surface area contributed by atoms with Crippen LogP contribution in [0.2, 0.25) is 0 Å². The van der Waals surface area contributed by atoms with Gasteiger partial charge in [0.05, 0.1) is 6.54 Å². The summed E-state index contributed by atoms with van der Waals surface area (Å²) in [5.74, 6) is 0.753. The molecule has 32 heavy (non-hydrogen) atoms. The first-order valence-corrected chi connectivity index (χ1v) is 11.2. The number of primary amides is 1. The standard InChI is InChI=1S/C23H30N6O3/c1-26-21-19(22(31)27(2)23(26)32)29(12-6-9-16-7-4-3-5-8-16)18(25-21)15-28-13-10-17(11-14-28)20(24)30/h3-5,7-8,17,19H,6,9-15H2,1-2H3,(H-,24,30)/p+1. The van der Waals surface area contributed by atoms with Crippen LogP contribution in [0.3, 0.4) is 0 Å². The number of likely N-dealkylation sites (tertiary alicyclic amines) is 1. The van der Waals surface area contributed by atoms with Gasteiger partial charge in [0, 0.05) is 20.0 Å². The zero-order valence-electron chi connectivity index (χ0n) is 18.7. The van der Waals surface area contributed by atoms with Gasteiger partial charge in [-0.3, -0.25) is 24.3 Å². The lowest BCUT2D eigenvalue weighted by atomic mass is 9.96. The molecule has 3 heterocycles. The number of amides is 4. The molecule has 170 valence electrons. The van der Waals surface area contributed by atoms with Gasteiger partial charge in [-0.25, -0.2) is 9.37 Å². The highest BCUT2D eigenvalue weighted by Gasteiger charge is 2.52. The summed E-state index contributed by atoms with van der Waals surface area (Å²) >= 11 is 0. The number of nitrogens with zero attached hydrogens (tertiary/aromatic N) is 5. The first kappa shape index (κ1) is 22.1. The van der Waals surface area contributed by atoms with Gasteiger partial charge in [0.15, 0.2) is 0 Å². The lowest BCUT2D eigenvalue weighted by molar-refractivity contribution is -0.536. The summed E-state index contributed by atoms with van der Waals surface area (Å²) in [6.45, 7) is 2.76. The fraction of sp³-hybridized carbons (Fsp3) is 0.522. The number of rotatable bonds is 7. The molecular weight excluding hydrogens is 408 g/mol. The van der Waals surface area contributed by atoms with E-state index in [-0.39, 0.29) is 23.8 Å². The van der Waals surface area contributed by atoms with Crippen molar-refractivity contribution in [2.24, 2.45) is 16.6 Å². The molecule has 0 saturated carbocycles. The molecular formula is C23H31N6O3+. The molecule has 1 aromatic carbocycles. The average Bonchev–Trinajstić information content (AvgIpc) is 3.15. The topological polar surface area (TPSA) is 102 Å². The SMILES string of the molecule is CN1C(=O)C2C(=NC(CN3CCC(C(N)=O)CC3)=[N+]2CCCc2ccccc2)N(C)C1=O. The second-order valence-corrected chi connectivity index (χ2v) is 8.76. The summed E-state index contributed by atoms with van der Waals surface area (Å²) in [5, 5.41) is 0. The number of benzene rings is 1. The van der Waals surface area contributed by atoms with E-state index >= 15 is 0 Å². The van der Waals surface area contributed by atoms with Crippen LogP contribution in [0, 0.1) is 5.92 Å². The third-order valence-corrected chi connectivity index (χ3v) is 6.68. The van der Waals surface area contributed by atoms with Gasteiger partial charge in [0.2, 0.25) is 5.91 Å². The Hall–Kier alpha value is -3.07. The number of imide groups is 1. The Labute approximate surface area is 188 Å². The van der Waals surface area contributed by atoms with E-state index in [9.17, 15) is 14.4 Å². The number of aliphatic imine (C=N–C) groups is 1. The number of piperidine rings is 1. The van der Waals surface area contributed by atoms with E-state index in [2.05, 4.69) is 21.6 Å². The fourth-order valence-electron chi connectivity index (χ4n) is 4.71. The number of aryl methyl sites for hydroxylation is 1. The number of amidine groups is 2. The number of nitrogens with two attached hydrogens (primary N) is 1. The Kier molecular flexibility index (Phi) is 6.36. The molecule has 3 aliphatic rings. The maximum absolute atomic E-state index is 13.0. The predicted octanol–water partition coefficient (Wildman–Crippen LogP) is 0.532. The van der Waals surface area contributed by atoms with Gasteiger partial charge in [0.25, 0.3) is 17.8 Å². The zero-order valence-corrected chi connectivity index (χ0v) is 18.7. The first-order valence-electron chi connectivity index (χ1n) is 11.2. The van der Waals surface area contributed by atoms with Gasteiger partial charge in [-0.1, -0.05) is 30.3 Å². The molecule has 9 heteroatoms. The van der Waals surface area contributed by atoms with Crippen molar-refractivity contribution in [3.05, 3.63) is 35.9 Å². The maximum atomic E-state index is 13.0. The van der Waals surface area contributed by atoms with Crippen LogP contribution in [0.5, 0.6) is 0 Å². The molecule has 3 aliphatic heterocycles. The lowest BCUT2D eigenvalue weighted by Gasteiger charge is -2.31. The van der Waals surface area contributed by atoms with Crippen molar-refractivity contribution in [2.75, 3.05) is 40.3 Å². The molecule has 0 aromatic heterocycles. The third kappa shape index (κ3) is 4.29. The van der Waals surface area contributed by atoms with Crippen LogP contribution >= 0.6 is 0 Å². The Morgan fingerprint density at radius 2 is 1.81 bits per heavy atom. The van der Waals surface area contributed by atoms with Crippen LogP contribution in [-0.4, -0.2) is 95.1 Å². The van der Waals surface area contributed by atoms with E-state index < -0.39 is 6.04 Å². The maximum Gasteiger partial charge on any atom is 0.333 e. The number of fused-ring (bicyclic) bond motifs is 1. The van der Waals surface area contributed by atoms with Crippen molar-refractivity contribution in [1.82, 2.24) is 14.7 Å². The Morgan fingerprint density at radius 3 is 2.47 bits per heavy atom. The smallest absolute Gasteiger partial charge is 0.333 e. The quantitative estimate of drug-likeness (QED) is 0.626. The summed E-state index contributed by atoms with van der Waals surface area (Å²) in [5.41, 5.74) is 6.72. The minimum absolute atomic E-state index is 0.0744. The van der Waals surface area contributed by atoms with Gasteiger partial charge in [-0.2, -0.15) is 0 Å². The second kappa shape index (κ2) is 9.20. The molecule has 0 radical (unpaired) electrons. The summed E-state index contributed by atoms with van der Waals surface area (Å²) in [7, 11) is 3.19. The van der Waals surface area contributed by atoms with E-state index in [0.717, 1.165) is 44.6 Å². The Balaban J connectivity index is 1.53. The normalized spacial score (nSPS) is 22.4. The molecule has 0 spiro atoms. The van der Waals surface area contributed by atoms with E-state index in [1.54, 1.807) is 7.05 Å². The monoisotopic (exact) mass is 439 g/mol. The van der Waals surface area contributed by atoms with Crippen LogP contribution < -0.4 is 5.73 Å². The zero-order chi connectivity index (χ0) is 22.8. The summed E-state index contributed by atoms with van der Waals surface area (Å²) in [4.78, 5) is 46.6. The molecule has 1 atom stereocenters. The van der Waals surface area contributed by atoms with Crippen LogP contribution in [0.25, 0.3) is 0 Å². The number of carbonyl (C=O) groups excluding carboxylic acids is 3. The second-order valence-electron chi connectivity index (χ2n) is 8.76. The highest BCUT2D eigenvalue weighted by molar-refractivity contribution is 6.23. The van der Waals surface area contributed by atoms with Crippen LogP contribution in [-0.2, 0) is 16.0 Å². The van der Waals surface area contributed by atoms with Crippen LogP contribution in [0.1, 0.15) is 24.8 Å². The molecule has 1 unspecified atom stereocenters. The number of urea groups is 1. The molecule has 9 nitrogen and oxygen atoms in total. The van der Waals surface area contributed by atoms with E-state index in [1.165, 1.54) is 22.4 Å². The highest BCUT2D eigenvalue weighted by atomic mass is 16.2. The average molecular weight is 440 g/mol. The molecule has 0 aliphatic carbocycles. The van der Waals surface area contributed by atoms with Crippen molar-refractivity contribution in [2.45, 2.75) is 31.7 Å². The highest BCUT2D eigenvalue weighted by Crippen LogP contribution is 2.22. The minimum atomic E-state index is -0.573. The van der Waals surface area contributed by atoms with Crippen molar-refractivity contribution < 1.29 is 19.0 Å². The van der Waals surface area contributed by atoms with Crippen LogP contribution in [0.4, 0.5) is 4.79 Å². The largest absolute Gasteiger partial charge is 0.369 e. The number of likely N-dealkylation sites (N-methyl/N-ethyl adjacent to an activating group) is 2. The number of carbonyl (C=O) groups is 3. The molecule has 4 amide bonds. The van der Waals surface area contributed by atoms with Crippen molar-refractivity contribution in [1.29, 1.82) is 0 Å². The molecule has 4 rings (SSSR count). The Morgan fingerprint density at radius 1 is 1.12 bits per heavy atom. The number of hydrogen-bond acceptors (Lipinski definition) is 5. The molecule has 2 fully saturated rings. The van der Waals surface area contributed by atoms with E-state index in [1.807, 2.05) is 18.2 Å². The van der Waals surface area contributed by atoms with Gasteiger partial charge in [-0.05, 0) is 49.3 Å². The minimum Gasteiger partial charge on any atom is -0.369 e. The molecule has 0 bridgehead atoms. The molecule has 1 aromatic rings. The van der Waals surface area contributed by atoms with Gasteiger partial charge >= 0.3 is 11.9 Å². The van der Waals surface area contributed by atoms with Gasteiger partial charge in [-0.15, -0.1) is 0 Å². The predicted molar refractivity (Wildman–Crippen MR) is 120 cm³/mol. The molecule has 2 N–H and O–H groups in total. The van der Waals surface area contributed by atoms with Crippen molar-refractivity contribution in [3.63, 3.8) is 0 Å². The summed E-state index contributed by atoms with van der Waals surface area (Å²) < 4.78 is 2.06. The molecule has 2 saturated heterocycles. The lowest BCUT2D eigenvalue weighted by Crippen LogP contribution is -2.61. The van der Waals surface area contributed by atoms with Gasteiger partial charge in [0.1, 0.15) is 6.54 Å². The Bertz CT molecular complexity index is 965. The summed E-state index contributed by atoms with van der Waals surface area (Å²) in [6.07, 6.45) is 3.23. The number of hydrogen-bond donors (Lipinski definition) is 1. The third-order valence-electron chi connectivity index (χ3n) is 6.68. The fourth-order valence-corrected chi connectivity index (χ4v) is 4.71. The van der Waals surface area contributed by atoms with E-state index in [4.69, 9.17) is 10.7 Å². The first-order chi connectivity index (χ1) is 15.4. The van der Waals surface area contributed by atoms with Crippen molar-refractivity contribution >= 4 is 29.5 Å². The van der Waals surface area contributed by atoms with Gasteiger partial charge < -0.3 is 5.73 Å². The van der Waals surface area contributed by atoms with Crippen LogP contribution in [0.15, 0.2) is 35.3 Å².